The van der Waals surface area contributed by atoms with E-state index in [1.807, 2.05) is 44.2 Å². The monoisotopic (exact) mass is 295 g/mol. The minimum Gasteiger partial charge on any atom is -0.381 e. The van der Waals surface area contributed by atoms with Crippen LogP contribution in [0.3, 0.4) is 0 Å². The van der Waals surface area contributed by atoms with E-state index in [4.69, 9.17) is 16.3 Å². The van der Waals surface area contributed by atoms with Gasteiger partial charge in [0, 0.05) is 19.1 Å². The third-order valence-corrected chi connectivity index (χ3v) is 4.66. The summed E-state index contributed by atoms with van der Waals surface area (Å²) in [6.45, 7) is 5.19. The number of rotatable bonds is 4. The fourth-order valence-electron chi connectivity index (χ4n) is 2.44. The SMILES string of the molecule is CC(C)(C(=O)NC1(CCl)CCOCC1)c1ccccc1. The highest BCUT2D eigenvalue weighted by atomic mass is 35.5. The zero-order valence-corrected chi connectivity index (χ0v) is 12.9. The van der Waals surface area contributed by atoms with Crippen LogP contribution in [0.5, 0.6) is 0 Å². The second-order valence-electron chi connectivity index (χ2n) is 5.97. The number of alkyl halides is 1. The van der Waals surface area contributed by atoms with Crippen molar-refractivity contribution in [1.29, 1.82) is 0 Å². The van der Waals surface area contributed by atoms with Crippen LogP contribution >= 0.6 is 11.6 Å². The summed E-state index contributed by atoms with van der Waals surface area (Å²) in [5.74, 6) is 0.443. The fraction of sp³-hybridized carbons (Fsp3) is 0.562. The van der Waals surface area contributed by atoms with E-state index < -0.39 is 5.41 Å². The summed E-state index contributed by atoms with van der Waals surface area (Å²) >= 11 is 6.11. The van der Waals surface area contributed by atoms with Gasteiger partial charge in [-0.3, -0.25) is 4.79 Å². The van der Waals surface area contributed by atoms with Gasteiger partial charge in [0.25, 0.3) is 0 Å². The smallest absolute Gasteiger partial charge is 0.230 e. The number of hydrogen-bond donors (Lipinski definition) is 1. The van der Waals surface area contributed by atoms with Gasteiger partial charge in [0.05, 0.1) is 11.0 Å². The van der Waals surface area contributed by atoms with Crippen LogP contribution in [-0.2, 0) is 14.9 Å². The molecule has 0 aliphatic carbocycles. The Kier molecular flexibility index (Phi) is 4.71. The summed E-state index contributed by atoms with van der Waals surface area (Å²) < 4.78 is 5.37. The summed E-state index contributed by atoms with van der Waals surface area (Å²) in [5.41, 5.74) is 0.107. The van der Waals surface area contributed by atoms with Gasteiger partial charge in [-0.05, 0) is 32.3 Å². The average molecular weight is 296 g/mol. The Labute approximate surface area is 125 Å². The molecule has 1 saturated heterocycles. The Hall–Kier alpha value is -1.06. The average Bonchev–Trinajstić information content (AvgIpc) is 2.49. The highest BCUT2D eigenvalue weighted by Gasteiger charge is 2.38. The van der Waals surface area contributed by atoms with Crippen LogP contribution in [0.25, 0.3) is 0 Å². The lowest BCUT2D eigenvalue weighted by Gasteiger charge is -2.39. The van der Waals surface area contributed by atoms with Crippen LogP contribution in [-0.4, -0.2) is 30.5 Å². The molecule has 20 heavy (non-hydrogen) atoms. The normalized spacial score (nSPS) is 18.6. The van der Waals surface area contributed by atoms with Gasteiger partial charge in [-0.15, -0.1) is 11.6 Å². The Bertz CT molecular complexity index is 453. The molecule has 1 amide bonds. The Balaban J connectivity index is 2.14. The minimum absolute atomic E-state index is 0.0197. The number of halogens is 1. The highest BCUT2D eigenvalue weighted by Crippen LogP contribution is 2.27. The number of amides is 1. The van der Waals surface area contributed by atoms with Crippen molar-refractivity contribution in [3.63, 3.8) is 0 Å². The van der Waals surface area contributed by atoms with Crippen LogP contribution < -0.4 is 5.32 Å². The molecule has 1 fully saturated rings. The number of carbonyl (C=O) groups excluding carboxylic acids is 1. The quantitative estimate of drug-likeness (QED) is 0.868. The van der Waals surface area contributed by atoms with Gasteiger partial charge in [0.15, 0.2) is 0 Å². The number of ether oxygens (including phenoxy) is 1. The molecule has 1 aromatic rings. The molecule has 4 heteroatoms. The molecule has 0 bridgehead atoms. The summed E-state index contributed by atoms with van der Waals surface area (Å²) in [5, 5.41) is 3.17. The lowest BCUT2D eigenvalue weighted by Crippen LogP contribution is -2.57. The predicted molar refractivity (Wildman–Crippen MR) is 81.1 cm³/mol. The summed E-state index contributed by atoms with van der Waals surface area (Å²) in [6.07, 6.45) is 1.54. The molecule has 0 aromatic heterocycles. The number of benzene rings is 1. The summed E-state index contributed by atoms with van der Waals surface area (Å²) in [6, 6.07) is 9.83. The van der Waals surface area contributed by atoms with Crippen molar-refractivity contribution in [2.24, 2.45) is 0 Å². The standard InChI is InChI=1S/C16H22ClNO2/c1-15(2,13-6-4-3-5-7-13)14(19)18-16(12-17)8-10-20-11-9-16/h3-7H,8-12H2,1-2H3,(H,18,19). The fourth-order valence-corrected chi connectivity index (χ4v) is 2.77. The number of carbonyl (C=O) groups is 1. The molecule has 0 saturated carbocycles. The maximum atomic E-state index is 12.7. The van der Waals surface area contributed by atoms with E-state index in [0.29, 0.717) is 19.1 Å². The second-order valence-corrected chi connectivity index (χ2v) is 6.24. The first-order valence-electron chi connectivity index (χ1n) is 7.02. The molecule has 110 valence electrons. The highest BCUT2D eigenvalue weighted by molar-refractivity contribution is 6.18. The molecule has 0 atom stereocenters. The van der Waals surface area contributed by atoms with Crippen molar-refractivity contribution in [3.05, 3.63) is 35.9 Å². The minimum atomic E-state index is -0.571. The lowest BCUT2D eigenvalue weighted by molar-refractivity contribution is -0.128. The van der Waals surface area contributed by atoms with Gasteiger partial charge in [-0.2, -0.15) is 0 Å². The van der Waals surface area contributed by atoms with Crippen LogP contribution in [0, 0.1) is 0 Å². The predicted octanol–water partition coefficient (Wildman–Crippen LogP) is 2.87. The van der Waals surface area contributed by atoms with E-state index in [-0.39, 0.29) is 11.4 Å². The maximum Gasteiger partial charge on any atom is 0.230 e. The van der Waals surface area contributed by atoms with E-state index in [1.165, 1.54) is 0 Å². The second kappa shape index (κ2) is 6.15. The van der Waals surface area contributed by atoms with Gasteiger partial charge in [0.2, 0.25) is 5.91 Å². The van der Waals surface area contributed by atoms with Gasteiger partial charge >= 0.3 is 0 Å². The Morgan fingerprint density at radius 3 is 2.45 bits per heavy atom. The zero-order chi connectivity index (χ0) is 14.6. The van der Waals surface area contributed by atoms with Crippen molar-refractivity contribution in [2.45, 2.75) is 37.6 Å². The zero-order valence-electron chi connectivity index (χ0n) is 12.1. The summed E-state index contributed by atoms with van der Waals surface area (Å²) in [7, 11) is 0. The van der Waals surface area contributed by atoms with E-state index >= 15 is 0 Å². The number of nitrogens with one attached hydrogen (secondary N) is 1. The molecule has 1 N–H and O–H groups in total. The molecule has 2 rings (SSSR count). The van der Waals surface area contributed by atoms with E-state index in [1.54, 1.807) is 0 Å². The van der Waals surface area contributed by atoms with Crippen molar-refractivity contribution >= 4 is 17.5 Å². The molecular weight excluding hydrogens is 274 g/mol. The van der Waals surface area contributed by atoms with Gasteiger partial charge in [0.1, 0.15) is 0 Å². The molecule has 0 unspecified atom stereocenters. The molecule has 0 spiro atoms. The van der Waals surface area contributed by atoms with Gasteiger partial charge in [-0.25, -0.2) is 0 Å². The molecule has 0 radical (unpaired) electrons. The number of hydrogen-bond acceptors (Lipinski definition) is 2. The molecule has 1 aliphatic heterocycles. The van der Waals surface area contributed by atoms with Crippen molar-refractivity contribution < 1.29 is 9.53 Å². The van der Waals surface area contributed by atoms with Crippen molar-refractivity contribution in [3.8, 4) is 0 Å². The van der Waals surface area contributed by atoms with E-state index in [0.717, 1.165) is 18.4 Å². The molecule has 1 aromatic carbocycles. The van der Waals surface area contributed by atoms with Crippen molar-refractivity contribution in [2.75, 3.05) is 19.1 Å². The largest absolute Gasteiger partial charge is 0.381 e. The van der Waals surface area contributed by atoms with Crippen molar-refractivity contribution in [1.82, 2.24) is 5.32 Å². The first-order chi connectivity index (χ1) is 9.50. The van der Waals surface area contributed by atoms with E-state index in [2.05, 4.69) is 5.32 Å². The van der Waals surface area contributed by atoms with E-state index in [9.17, 15) is 4.79 Å². The molecule has 3 nitrogen and oxygen atoms in total. The first-order valence-corrected chi connectivity index (χ1v) is 7.55. The van der Waals surface area contributed by atoms with Crippen LogP contribution in [0.4, 0.5) is 0 Å². The maximum absolute atomic E-state index is 12.7. The molecule has 1 heterocycles. The van der Waals surface area contributed by atoms with Crippen LogP contribution in [0.2, 0.25) is 0 Å². The molecule has 1 aliphatic rings. The third-order valence-electron chi connectivity index (χ3n) is 4.15. The molecular formula is C16H22ClNO2. The topological polar surface area (TPSA) is 38.3 Å². The summed E-state index contributed by atoms with van der Waals surface area (Å²) in [4.78, 5) is 12.7. The van der Waals surface area contributed by atoms with Gasteiger partial charge in [-0.1, -0.05) is 30.3 Å². The lowest BCUT2D eigenvalue weighted by atomic mass is 9.82. The van der Waals surface area contributed by atoms with Crippen LogP contribution in [0.15, 0.2) is 30.3 Å². The Morgan fingerprint density at radius 2 is 1.90 bits per heavy atom. The third kappa shape index (κ3) is 3.15. The Morgan fingerprint density at radius 1 is 1.30 bits per heavy atom. The van der Waals surface area contributed by atoms with Gasteiger partial charge < -0.3 is 10.1 Å². The van der Waals surface area contributed by atoms with Crippen LogP contribution in [0.1, 0.15) is 32.3 Å². The first kappa shape index (κ1) is 15.3.